The van der Waals surface area contributed by atoms with Crippen molar-refractivity contribution in [2.45, 2.75) is 0 Å². The monoisotopic (exact) mass is 384 g/mol. The van der Waals surface area contributed by atoms with Crippen LogP contribution in [-0.2, 0) is 0 Å². The number of anilines is 1. The van der Waals surface area contributed by atoms with Crippen molar-refractivity contribution in [3.8, 4) is 34.4 Å². The van der Waals surface area contributed by atoms with Crippen molar-refractivity contribution in [1.82, 2.24) is 14.9 Å². The van der Waals surface area contributed by atoms with E-state index in [0.29, 0.717) is 17.2 Å². The lowest BCUT2D eigenvalue weighted by atomic mass is 10.1. The molecule has 8 nitrogen and oxygen atoms in total. The summed E-state index contributed by atoms with van der Waals surface area (Å²) in [6.07, 6.45) is 0. The summed E-state index contributed by atoms with van der Waals surface area (Å²) in [5, 5.41) is 3.47. The minimum atomic E-state index is 0.240. The van der Waals surface area contributed by atoms with Crippen molar-refractivity contribution in [3.63, 3.8) is 0 Å². The summed E-state index contributed by atoms with van der Waals surface area (Å²) < 4.78 is 21.9. The van der Waals surface area contributed by atoms with Crippen molar-refractivity contribution < 1.29 is 18.9 Å². The summed E-state index contributed by atoms with van der Waals surface area (Å²) in [7, 11) is 7.34. The third-order valence-corrected chi connectivity index (χ3v) is 4.63. The molecule has 2 heterocycles. The first-order valence-electron chi connectivity index (χ1n) is 9.03. The van der Waals surface area contributed by atoms with Crippen LogP contribution in [-0.4, -0.2) is 63.1 Å². The zero-order valence-corrected chi connectivity index (χ0v) is 16.5. The van der Waals surface area contributed by atoms with E-state index in [1.807, 2.05) is 38.4 Å². The molecule has 3 aromatic rings. The van der Waals surface area contributed by atoms with Crippen LogP contribution in [0.3, 0.4) is 0 Å². The molecule has 0 unspecified atom stereocenters. The molecule has 148 valence electrons. The van der Waals surface area contributed by atoms with Crippen LogP contribution in [0.4, 0.5) is 5.69 Å². The number of methoxy groups -OCH3 is 2. The van der Waals surface area contributed by atoms with Crippen LogP contribution >= 0.6 is 0 Å². The largest absolute Gasteiger partial charge is 0.493 e. The van der Waals surface area contributed by atoms with E-state index in [1.165, 1.54) is 0 Å². The Hall–Kier alpha value is -3.13. The first kappa shape index (κ1) is 18.2. The molecule has 2 N–H and O–H groups in total. The molecule has 0 amide bonds. The van der Waals surface area contributed by atoms with Gasteiger partial charge in [0.1, 0.15) is 5.82 Å². The molecule has 8 heteroatoms. The molecule has 1 aliphatic rings. The predicted octanol–water partition coefficient (Wildman–Crippen LogP) is 2.95. The average Bonchev–Trinajstić information content (AvgIpc) is 3.30. The van der Waals surface area contributed by atoms with E-state index in [-0.39, 0.29) is 6.79 Å². The minimum absolute atomic E-state index is 0.240. The molecule has 1 aliphatic heterocycles. The molecule has 0 saturated heterocycles. The Morgan fingerprint density at radius 3 is 2.50 bits per heavy atom. The number of benzene rings is 2. The number of aromatic nitrogens is 2. The first-order chi connectivity index (χ1) is 13.6. The number of H-pyrrole nitrogens is 1. The second-order valence-corrected chi connectivity index (χ2v) is 6.79. The standard InChI is InChI=1S/C20H24N4O4/c1-24(2)6-5-21-13-8-17(26-4)16(25-3)7-12(13)20-22-14-9-18-19(28-11-27-18)10-15(14)23-20/h7-10,21H,5-6,11H2,1-4H3,(H,22,23). The maximum atomic E-state index is 5.49. The normalized spacial score (nSPS) is 12.6. The highest BCUT2D eigenvalue weighted by molar-refractivity contribution is 5.86. The highest BCUT2D eigenvalue weighted by Crippen LogP contribution is 2.40. The molecule has 0 radical (unpaired) electrons. The van der Waals surface area contributed by atoms with E-state index < -0.39 is 0 Å². The predicted molar refractivity (Wildman–Crippen MR) is 108 cm³/mol. The number of aromatic amines is 1. The van der Waals surface area contributed by atoms with E-state index in [9.17, 15) is 0 Å². The van der Waals surface area contributed by atoms with Gasteiger partial charge in [-0.3, -0.25) is 0 Å². The summed E-state index contributed by atoms with van der Waals surface area (Å²) >= 11 is 0. The lowest BCUT2D eigenvalue weighted by Crippen LogP contribution is -2.21. The highest BCUT2D eigenvalue weighted by atomic mass is 16.7. The Bertz CT molecular complexity index is 959. The van der Waals surface area contributed by atoms with Gasteiger partial charge in [0.25, 0.3) is 0 Å². The summed E-state index contributed by atoms with van der Waals surface area (Å²) in [6.45, 7) is 1.92. The Balaban J connectivity index is 1.77. The summed E-state index contributed by atoms with van der Waals surface area (Å²) in [4.78, 5) is 10.3. The van der Waals surface area contributed by atoms with Gasteiger partial charge in [-0.2, -0.15) is 0 Å². The van der Waals surface area contributed by atoms with Crippen molar-refractivity contribution >= 4 is 16.7 Å². The number of imidazole rings is 1. The Morgan fingerprint density at radius 2 is 1.79 bits per heavy atom. The topological polar surface area (TPSA) is 80.9 Å². The van der Waals surface area contributed by atoms with Gasteiger partial charge in [-0.15, -0.1) is 0 Å². The SMILES string of the molecule is COc1cc(NCCN(C)C)c(-c2nc3cc4c(cc3[nH]2)OCO4)cc1OC. The maximum absolute atomic E-state index is 5.49. The zero-order chi connectivity index (χ0) is 19.7. The third-order valence-electron chi connectivity index (χ3n) is 4.63. The molecule has 1 aromatic heterocycles. The van der Waals surface area contributed by atoms with Crippen LogP contribution in [0.25, 0.3) is 22.4 Å². The quantitative estimate of drug-likeness (QED) is 0.648. The average molecular weight is 384 g/mol. The fourth-order valence-electron chi connectivity index (χ4n) is 3.16. The minimum Gasteiger partial charge on any atom is -0.493 e. The van der Waals surface area contributed by atoms with E-state index in [2.05, 4.69) is 15.2 Å². The Kier molecular flexibility index (Phi) is 4.87. The van der Waals surface area contributed by atoms with Gasteiger partial charge in [-0.25, -0.2) is 4.98 Å². The van der Waals surface area contributed by atoms with Crippen LogP contribution in [0.15, 0.2) is 24.3 Å². The van der Waals surface area contributed by atoms with Crippen LogP contribution < -0.4 is 24.3 Å². The van der Waals surface area contributed by atoms with E-state index in [4.69, 9.17) is 23.9 Å². The second-order valence-electron chi connectivity index (χ2n) is 6.79. The zero-order valence-electron chi connectivity index (χ0n) is 16.5. The number of ether oxygens (including phenoxy) is 4. The molecule has 0 saturated carbocycles. The van der Waals surface area contributed by atoms with Crippen LogP contribution in [0.1, 0.15) is 0 Å². The molecular weight excluding hydrogens is 360 g/mol. The lowest BCUT2D eigenvalue weighted by Gasteiger charge is -2.16. The highest BCUT2D eigenvalue weighted by Gasteiger charge is 2.19. The van der Waals surface area contributed by atoms with Gasteiger partial charge in [0.15, 0.2) is 23.0 Å². The van der Waals surface area contributed by atoms with Gasteiger partial charge in [0, 0.05) is 42.5 Å². The van der Waals surface area contributed by atoms with Crippen LogP contribution in [0.2, 0.25) is 0 Å². The summed E-state index contributed by atoms with van der Waals surface area (Å²) in [5.74, 6) is 3.47. The van der Waals surface area contributed by atoms with E-state index in [0.717, 1.165) is 46.9 Å². The van der Waals surface area contributed by atoms with Crippen molar-refractivity contribution in [1.29, 1.82) is 0 Å². The van der Waals surface area contributed by atoms with Crippen LogP contribution in [0.5, 0.6) is 23.0 Å². The van der Waals surface area contributed by atoms with Gasteiger partial charge in [0.2, 0.25) is 6.79 Å². The number of rotatable bonds is 7. The van der Waals surface area contributed by atoms with Crippen molar-refractivity contribution in [2.75, 3.05) is 53.5 Å². The molecular formula is C20H24N4O4. The summed E-state index contributed by atoms with van der Waals surface area (Å²) in [6, 6.07) is 7.66. The van der Waals surface area contributed by atoms with E-state index in [1.54, 1.807) is 14.2 Å². The van der Waals surface area contributed by atoms with Gasteiger partial charge in [0.05, 0.1) is 25.3 Å². The van der Waals surface area contributed by atoms with Crippen LogP contribution in [0, 0.1) is 0 Å². The van der Waals surface area contributed by atoms with Crippen molar-refractivity contribution in [2.24, 2.45) is 0 Å². The fraction of sp³-hybridized carbons (Fsp3) is 0.350. The second kappa shape index (κ2) is 7.47. The number of hydrogen-bond acceptors (Lipinski definition) is 7. The summed E-state index contributed by atoms with van der Waals surface area (Å²) in [5.41, 5.74) is 3.51. The van der Waals surface area contributed by atoms with Gasteiger partial charge >= 0.3 is 0 Å². The number of likely N-dealkylation sites (N-methyl/N-ethyl adjacent to an activating group) is 1. The smallest absolute Gasteiger partial charge is 0.231 e. The Labute approximate surface area is 163 Å². The number of hydrogen-bond donors (Lipinski definition) is 2. The molecule has 0 aliphatic carbocycles. The van der Waals surface area contributed by atoms with Crippen molar-refractivity contribution in [3.05, 3.63) is 24.3 Å². The lowest BCUT2D eigenvalue weighted by molar-refractivity contribution is 0.174. The van der Waals surface area contributed by atoms with Gasteiger partial charge in [-0.05, 0) is 20.2 Å². The molecule has 0 spiro atoms. The van der Waals surface area contributed by atoms with Gasteiger partial charge < -0.3 is 34.1 Å². The molecule has 2 aromatic carbocycles. The maximum Gasteiger partial charge on any atom is 0.231 e. The number of nitrogens with one attached hydrogen (secondary N) is 2. The Morgan fingerprint density at radius 1 is 1.07 bits per heavy atom. The third kappa shape index (κ3) is 3.38. The number of nitrogens with zero attached hydrogens (tertiary/aromatic N) is 2. The molecule has 28 heavy (non-hydrogen) atoms. The fourth-order valence-corrected chi connectivity index (χ4v) is 3.16. The molecule has 0 fully saturated rings. The molecule has 0 atom stereocenters. The van der Waals surface area contributed by atoms with Gasteiger partial charge in [-0.1, -0.05) is 0 Å². The first-order valence-corrected chi connectivity index (χ1v) is 9.03. The molecule has 0 bridgehead atoms. The number of fused-ring (bicyclic) bond motifs is 2. The molecule has 4 rings (SSSR count). The van der Waals surface area contributed by atoms with E-state index >= 15 is 0 Å².